The number of allylic oxidation sites excluding steroid dienone is 1. The molecule has 11 heavy (non-hydrogen) atoms. The fourth-order valence-electron chi connectivity index (χ4n) is 1.65. The largest absolute Gasteiger partial charge is 0.328 e. The van der Waals surface area contributed by atoms with Gasteiger partial charge in [0.05, 0.1) is 0 Å². The normalized spacial score (nSPS) is 31.4. The average molecular weight is 153 g/mol. The van der Waals surface area contributed by atoms with Crippen LogP contribution in [0.2, 0.25) is 0 Å². The van der Waals surface area contributed by atoms with E-state index in [0.29, 0.717) is 0 Å². The van der Waals surface area contributed by atoms with Crippen molar-refractivity contribution in [1.82, 2.24) is 0 Å². The van der Waals surface area contributed by atoms with Gasteiger partial charge in [-0.3, -0.25) is 4.79 Å². The number of carbonyl (C=O) groups is 1. The predicted molar refractivity (Wildman–Crippen MR) is 45.1 cm³/mol. The highest BCUT2D eigenvalue weighted by atomic mass is 16.1. The highest BCUT2D eigenvalue weighted by Gasteiger charge is 2.22. The fourth-order valence-corrected chi connectivity index (χ4v) is 1.65. The first-order valence-corrected chi connectivity index (χ1v) is 4.16. The minimum atomic E-state index is 0.163. The SMILES string of the molecule is C=CC(=O)[C@@H]1CCC[C@@H](N)C1. The van der Waals surface area contributed by atoms with Crippen LogP contribution in [0.3, 0.4) is 0 Å². The van der Waals surface area contributed by atoms with E-state index in [2.05, 4.69) is 6.58 Å². The van der Waals surface area contributed by atoms with E-state index >= 15 is 0 Å². The zero-order valence-corrected chi connectivity index (χ0v) is 6.75. The Morgan fingerprint density at radius 2 is 2.27 bits per heavy atom. The molecule has 1 aliphatic carbocycles. The Morgan fingerprint density at radius 1 is 1.55 bits per heavy atom. The third-order valence-corrected chi connectivity index (χ3v) is 2.32. The van der Waals surface area contributed by atoms with Gasteiger partial charge in [0.1, 0.15) is 0 Å². The molecule has 2 N–H and O–H groups in total. The minimum Gasteiger partial charge on any atom is -0.328 e. The van der Waals surface area contributed by atoms with Gasteiger partial charge in [-0.2, -0.15) is 0 Å². The Labute approximate surface area is 67.5 Å². The maximum atomic E-state index is 11.1. The Kier molecular flexibility index (Phi) is 2.83. The third kappa shape index (κ3) is 2.15. The summed E-state index contributed by atoms with van der Waals surface area (Å²) in [6.07, 6.45) is 5.43. The van der Waals surface area contributed by atoms with E-state index in [0.717, 1.165) is 25.7 Å². The third-order valence-electron chi connectivity index (χ3n) is 2.32. The van der Waals surface area contributed by atoms with Gasteiger partial charge in [0.15, 0.2) is 5.78 Å². The molecule has 0 aliphatic heterocycles. The van der Waals surface area contributed by atoms with Gasteiger partial charge >= 0.3 is 0 Å². The lowest BCUT2D eigenvalue weighted by atomic mass is 9.83. The number of carbonyl (C=O) groups excluding carboxylic acids is 1. The molecule has 2 nitrogen and oxygen atoms in total. The van der Waals surface area contributed by atoms with Crippen LogP contribution in [0.25, 0.3) is 0 Å². The van der Waals surface area contributed by atoms with Crippen molar-refractivity contribution in [1.29, 1.82) is 0 Å². The van der Waals surface area contributed by atoms with Crippen molar-refractivity contribution in [3.63, 3.8) is 0 Å². The Hall–Kier alpha value is -0.630. The van der Waals surface area contributed by atoms with Gasteiger partial charge in [-0.15, -0.1) is 0 Å². The van der Waals surface area contributed by atoms with Crippen molar-refractivity contribution >= 4 is 5.78 Å². The molecule has 1 rings (SSSR count). The van der Waals surface area contributed by atoms with E-state index < -0.39 is 0 Å². The lowest BCUT2D eigenvalue weighted by Gasteiger charge is -2.24. The van der Waals surface area contributed by atoms with Crippen LogP contribution >= 0.6 is 0 Å². The van der Waals surface area contributed by atoms with E-state index in [1.165, 1.54) is 6.08 Å². The first-order chi connectivity index (χ1) is 5.24. The van der Waals surface area contributed by atoms with Crippen molar-refractivity contribution in [3.8, 4) is 0 Å². The van der Waals surface area contributed by atoms with Gasteiger partial charge in [0.2, 0.25) is 0 Å². The molecule has 0 aromatic rings. The lowest BCUT2D eigenvalue weighted by molar-refractivity contribution is -0.119. The summed E-state index contributed by atoms with van der Waals surface area (Å²) in [5.74, 6) is 0.330. The number of hydrogen-bond acceptors (Lipinski definition) is 2. The van der Waals surface area contributed by atoms with E-state index in [1.54, 1.807) is 0 Å². The van der Waals surface area contributed by atoms with Crippen LogP contribution in [0.15, 0.2) is 12.7 Å². The van der Waals surface area contributed by atoms with Crippen LogP contribution < -0.4 is 5.73 Å². The van der Waals surface area contributed by atoms with Crippen molar-refractivity contribution in [3.05, 3.63) is 12.7 Å². The lowest BCUT2D eigenvalue weighted by Crippen LogP contribution is -2.30. The maximum absolute atomic E-state index is 11.1. The summed E-state index contributed by atoms with van der Waals surface area (Å²) in [7, 11) is 0. The Bertz CT molecular complexity index is 165. The summed E-state index contributed by atoms with van der Waals surface area (Å²) in [6, 6.07) is 0.234. The van der Waals surface area contributed by atoms with Gasteiger partial charge in [0.25, 0.3) is 0 Å². The first-order valence-electron chi connectivity index (χ1n) is 4.16. The fraction of sp³-hybridized carbons (Fsp3) is 0.667. The zero-order chi connectivity index (χ0) is 8.27. The first kappa shape index (κ1) is 8.47. The molecule has 0 saturated heterocycles. The summed E-state index contributed by atoms with van der Waals surface area (Å²) >= 11 is 0. The highest BCUT2D eigenvalue weighted by molar-refractivity contribution is 5.91. The molecule has 0 bridgehead atoms. The predicted octanol–water partition coefficient (Wildman–Crippen LogP) is 1.26. The van der Waals surface area contributed by atoms with E-state index in [1.807, 2.05) is 0 Å². The molecule has 0 heterocycles. The molecule has 1 fully saturated rings. The van der Waals surface area contributed by atoms with Crippen LogP contribution in [0.4, 0.5) is 0 Å². The van der Waals surface area contributed by atoms with Crippen LogP contribution in [-0.2, 0) is 4.79 Å². The molecular formula is C9H15NO. The summed E-state index contributed by atoms with van der Waals surface area (Å²) in [4.78, 5) is 11.1. The van der Waals surface area contributed by atoms with E-state index in [9.17, 15) is 4.79 Å². The number of ketones is 1. The molecule has 0 radical (unpaired) electrons. The Balaban J connectivity index is 2.45. The van der Waals surface area contributed by atoms with Crippen LogP contribution in [0, 0.1) is 5.92 Å². The van der Waals surface area contributed by atoms with Crippen molar-refractivity contribution in [2.45, 2.75) is 31.7 Å². The quantitative estimate of drug-likeness (QED) is 0.607. The van der Waals surface area contributed by atoms with Gasteiger partial charge in [-0.1, -0.05) is 13.0 Å². The van der Waals surface area contributed by atoms with Gasteiger partial charge in [-0.05, 0) is 25.3 Å². The van der Waals surface area contributed by atoms with Gasteiger partial charge in [0, 0.05) is 12.0 Å². The maximum Gasteiger partial charge on any atom is 0.158 e. The minimum absolute atomic E-state index is 0.163. The summed E-state index contributed by atoms with van der Waals surface area (Å²) < 4.78 is 0. The molecule has 0 aromatic heterocycles. The van der Waals surface area contributed by atoms with Crippen LogP contribution in [0.5, 0.6) is 0 Å². The molecule has 0 aromatic carbocycles. The number of rotatable bonds is 2. The molecule has 0 amide bonds. The molecule has 2 atom stereocenters. The van der Waals surface area contributed by atoms with Crippen LogP contribution in [-0.4, -0.2) is 11.8 Å². The molecule has 0 spiro atoms. The molecule has 2 heteroatoms. The van der Waals surface area contributed by atoms with E-state index in [-0.39, 0.29) is 17.7 Å². The van der Waals surface area contributed by atoms with E-state index in [4.69, 9.17) is 5.73 Å². The molecule has 1 aliphatic rings. The monoisotopic (exact) mass is 153 g/mol. The van der Waals surface area contributed by atoms with Gasteiger partial charge in [-0.25, -0.2) is 0 Å². The van der Waals surface area contributed by atoms with Gasteiger partial charge < -0.3 is 5.73 Å². The summed E-state index contributed by atoms with van der Waals surface area (Å²) in [5, 5.41) is 0. The molecule has 0 unspecified atom stereocenters. The number of nitrogens with two attached hydrogens (primary N) is 1. The number of hydrogen-bond donors (Lipinski definition) is 1. The summed E-state index contributed by atoms with van der Waals surface area (Å²) in [6.45, 7) is 3.47. The smallest absolute Gasteiger partial charge is 0.158 e. The highest BCUT2D eigenvalue weighted by Crippen LogP contribution is 2.23. The second-order valence-electron chi connectivity index (χ2n) is 3.23. The summed E-state index contributed by atoms with van der Waals surface area (Å²) in [5.41, 5.74) is 5.73. The second kappa shape index (κ2) is 3.67. The van der Waals surface area contributed by atoms with Crippen LogP contribution in [0.1, 0.15) is 25.7 Å². The van der Waals surface area contributed by atoms with Crippen molar-refractivity contribution in [2.24, 2.45) is 11.7 Å². The Morgan fingerprint density at radius 3 is 2.82 bits per heavy atom. The second-order valence-corrected chi connectivity index (χ2v) is 3.23. The van der Waals surface area contributed by atoms with Crippen molar-refractivity contribution < 1.29 is 4.79 Å². The molecular weight excluding hydrogens is 138 g/mol. The van der Waals surface area contributed by atoms with Crippen molar-refractivity contribution in [2.75, 3.05) is 0 Å². The average Bonchev–Trinajstić information content (AvgIpc) is 2.03. The topological polar surface area (TPSA) is 43.1 Å². The zero-order valence-electron chi connectivity index (χ0n) is 6.75. The molecule has 62 valence electrons. The standard InChI is InChI=1S/C9H15NO/c1-2-9(11)7-4-3-5-8(10)6-7/h2,7-8H,1,3-6,10H2/t7-,8-/m1/s1. The molecule has 1 saturated carbocycles.